The normalized spacial score (nSPS) is 11.6. The molecule has 1 heterocycles. The molecule has 4 aromatic rings. The Balaban J connectivity index is 1.33. The van der Waals surface area contributed by atoms with Crippen LogP contribution in [0.1, 0.15) is 24.2 Å². The van der Waals surface area contributed by atoms with Crippen LogP contribution in [0.4, 0.5) is 17.1 Å². The molecule has 0 spiro atoms. The number of nitrogens with one attached hydrogen (secondary N) is 4. The van der Waals surface area contributed by atoms with Gasteiger partial charge in [0.15, 0.2) is 10.9 Å². The number of aromatic amines is 1. The summed E-state index contributed by atoms with van der Waals surface area (Å²) in [5.41, 5.74) is 3.99. The Labute approximate surface area is 207 Å². The van der Waals surface area contributed by atoms with Crippen molar-refractivity contribution in [2.24, 2.45) is 0 Å². The second kappa shape index (κ2) is 10.5. The van der Waals surface area contributed by atoms with Crippen LogP contribution >= 0.6 is 24.0 Å². The first kappa shape index (κ1) is 23.5. The number of H-pyrrole nitrogens is 1. The van der Waals surface area contributed by atoms with Gasteiger partial charge in [0.05, 0.1) is 5.25 Å². The summed E-state index contributed by atoms with van der Waals surface area (Å²) in [4.78, 5) is 28.2. The van der Waals surface area contributed by atoms with E-state index in [1.165, 1.54) is 18.7 Å². The summed E-state index contributed by atoms with van der Waals surface area (Å²) in [7, 11) is 0. The number of Topliss-reactive ketones (excluding diaryl/α,β-unsaturated/α-hetero) is 1. The largest absolute Gasteiger partial charge is 0.361 e. The monoisotopic (exact) mass is 488 g/mol. The van der Waals surface area contributed by atoms with Crippen molar-refractivity contribution >= 4 is 68.7 Å². The minimum absolute atomic E-state index is 0.0195. The van der Waals surface area contributed by atoms with E-state index in [0.717, 1.165) is 32.9 Å². The molecule has 0 aliphatic rings. The van der Waals surface area contributed by atoms with Crippen LogP contribution in [-0.2, 0) is 4.79 Å². The van der Waals surface area contributed by atoms with Gasteiger partial charge in [0.2, 0.25) is 5.91 Å². The van der Waals surface area contributed by atoms with Crippen molar-refractivity contribution in [2.75, 3.05) is 16.0 Å². The first-order chi connectivity index (χ1) is 16.4. The molecule has 4 rings (SSSR count). The lowest BCUT2D eigenvalue weighted by molar-refractivity contribution is -0.115. The van der Waals surface area contributed by atoms with Gasteiger partial charge in [-0.3, -0.25) is 9.59 Å². The van der Waals surface area contributed by atoms with Gasteiger partial charge < -0.3 is 20.9 Å². The van der Waals surface area contributed by atoms with Gasteiger partial charge in [0, 0.05) is 39.2 Å². The smallest absolute Gasteiger partial charge is 0.237 e. The minimum Gasteiger partial charge on any atom is -0.361 e. The van der Waals surface area contributed by atoms with Crippen molar-refractivity contribution in [3.05, 3.63) is 84.6 Å². The van der Waals surface area contributed by atoms with E-state index in [2.05, 4.69) is 20.9 Å². The van der Waals surface area contributed by atoms with Crippen molar-refractivity contribution in [1.82, 2.24) is 4.98 Å². The van der Waals surface area contributed by atoms with E-state index in [0.29, 0.717) is 10.7 Å². The summed E-state index contributed by atoms with van der Waals surface area (Å²) in [5.74, 6) is -0.0495. The Kier molecular flexibility index (Phi) is 7.30. The summed E-state index contributed by atoms with van der Waals surface area (Å²) in [6.07, 6.45) is 1.88. The molecule has 1 unspecified atom stereocenters. The van der Waals surface area contributed by atoms with Crippen molar-refractivity contribution in [2.45, 2.75) is 24.0 Å². The van der Waals surface area contributed by atoms with Gasteiger partial charge in [-0.25, -0.2) is 0 Å². The lowest BCUT2D eigenvalue weighted by Crippen LogP contribution is -2.22. The van der Waals surface area contributed by atoms with Crippen LogP contribution in [0.3, 0.4) is 0 Å². The van der Waals surface area contributed by atoms with Crippen molar-refractivity contribution in [1.29, 1.82) is 0 Å². The highest BCUT2D eigenvalue weighted by molar-refractivity contribution is 8.00. The number of carbonyl (C=O) groups is 2. The maximum Gasteiger partial charge on any atom is 0.237 e. The molecule has 1 amide bonds. The fourth-order valence-electron chi connectivity index (χ4n) is 3.36. The molecule has 0 fully saturated rings. The lowest BCUT2D eigenvalue weighted by Gasteiger charge is -2.14. The molecule has 4 N–H and O–H groups in total. The Morgan fingerprint density at radius 2 is 1.59 bits per heavy atom. The zero-order valence-corrected chi connectivity index (χ0v) is 20.3. The maximum absolute atomic E-state index is 12.7. The number of thioether (sulfide) groups is 1. The molecular formula is C26H24N4O2S2. The van der Waals surface area contributed by atoms with E-state index in [9.17, 15) is 9.59 Å². The second-order valence-corrected chi connectivity index (χ2v) is 9.59. The van der Waals surface area contributed by atoms with E-state index < -0.39 is 0 Å². The van der Waals surface area contributed by atoms with Crippen LogP contribution in [0, 0.1) is 0 Å². The van der Waals surface area contributed by atoms with Gasteiger partial charge in [-0.15, -0.1) is 11.8 Å². The van der Waals surface area contributed by atoms with Crippen LogP contribution in [0.25, 0.3) is 10.9 Å². The minimum atomic E-state index is -0.292. The number of thiocarbonyl (C=S) groups is 1. The standard InChI is InChI=1S/C26H24N4O2S2/c1-16(31)18-6-9-20(10-7-18)29-26(33)30-21-4-3-5-23(14-21)34-17(2)25(32)28-22-11-8-19-12-13-27-24(19)15-22/h3-15,17,27H,1-2H3,(H,28,32)(H2,29,30,33). The average molecular weight is 489 g/mol. The van der Waals surface area contributed by atoms with Crippen LogP contribution in [0.15, 0.2) is 83.9 Å². The van der Waals surface area contributed by atoms with Gasteiger partial charge in [-0.2, -0.15) is 0 Å². The maximum atomic E-state index is 12.7. The zero-order chi connectivity index (χ0) is 24.1. The molecule has 1 atom stereocenters. The number of fused-ring (bicyclic) bond motifs is 1. The predicted molar refractivity (Wildman–Crippen MR) is 145 cm³/mol. The van der Waals surface area contributed by atoms with E-state index >= 15 is 0 Å². The SMILES string of the molecule is CC(=O)c1ccc(NC(=S)Nc2cccc(SC(C)C(=O)Nc3ccc4cc[nH]c4c3)c2)cc1. The summed E-state index contributed by atoms with van der Waals surface area (Å²) in [6, 6.07) is 22.7. The third-order valence-electron chi connectivity index (χ3n) is 5.15. The van der Waals surface area contributed by atoms with E-state index in [1.807, 2.05) is 73.8 Å². The van der Waals surface area contributed by atoms with Crippen LogP contribution in [0.5, 0.6) is 0 Å². The van der Waals surface area contributed by atoms with Gasteiger partial charge >= 0.3 is 0 Å². The summed E-state index contributed by atoms with van der Waals surface area (Å²) >= 11 is 6.88. The number of ketones is 1. The van der Waals surface area contributed by atoms with Crippen LogP contribution in [-0.4, -0.2) is 27.0 Å². The molecule has 0 saturated carbocycles. The Bertz CT molecular complexity index is 1350. The molecule has 0 aliphatic carbocycles. The number of amides is 1. The fraction of sp³-hybridized carbons (Fsp3) is 0.115. The number of benzene rings is 3. The molecule has 0 aliphatic heterocycles. The average Bonchev–Trinajstić information content (AvgIpc) is 3.27. The number of rotatable bonds is 7. The highest BCUT2D eigenvalue weighted by Gasteiger charge is 2.15. The zero-order valence-electron chi connectivity index (χ0n) is 18.7. The first-order valence-electron chi connectivity index (χ1n) is 10.7. The first-order valence-corrected chi connectivity index (χ1v) is 12.0. The number of hydrogen-bond acceptors (Lipinski definition) is 4. The Morgan fingerprint density at radius 3 is 2.35 bits per heavy atom. The highest BCUT2D eigenvalue weighted by atomic mass is 32.2. The van der Waals surface area contributed by atoms with E-state index in [4.69, 9.17) is 12.2 Å². The predicted octanol–water partition coefficient (Wildman–Crippen LogP) is 6.30. The van der Waals surface area contributed by atoms with Crippen molar-refractivity contribution < 1.29 is 9.59 Å². The van der Waals surface area contributed by atoms with Crippen molar-refractivity contribution in [3.63, 3.8) is 0 Å². The molecule has 34 heavy (non-hydrogen) atoms. The third kappa shape index (κ3) is 6.03. The summed E-state index contributed by atoms with van der Waals surface area (Å²) in [5, 5.41) is 10.5. The lowest BCUT2D eigenvalue weighted by atomic mass is 10.1. The molecule has 0 bridgehead atoms. The molecule has 0 saturated heterocycles. The molecule has 3 aromatic carbocycles. The van der Waals surface area contributed by atoms with E-state index in [1.54, 1.807) is 12.1 Å². The van der Waals surface area contributed by atoms with Crippen molar-refractivity contribution in [3.8, 4) is 0 Å². The van der Waals surface area contributed by atoms with Gasteiger partial charge in [-0.05, 0) is 92.1 Å². The summed E-state index contributed by atoms with van der Waals surface area (Å²) < 4.78 is 0. The van der Waals surface area contributed by atoms with Crippen LogP contribution < -0.4 is 16.0 Å². The number of hydrogen-bond donors (Lipinski definition) is 4. The molecule has 172 valence electrons. The number of carbonyl (C=O) groups excluding carboxylic acids is 2. The quantitative estimate of drug-likeness (QED) is 0.139. The highest BCUT2D eigenvalue weighted by Crippen LogP contribution is 2.27. The van der Waals surface area contributed by atoms with Gasteiger partial charge in [-0.1, -0.05) is 12.1 Å². The summed E-state index contributed by atoms with van der Waals surface area (Å²) in [6.45, 7) is 3.41. The number of aromatic nitrogens is 1. The molecule has 6 nitrogen and oxygen atoms in total. The molecule has 0 radical (unpaired) electrons. The second-order valence-electron chi connectivity index (χ2n) is 7.77. The molecule has 8 heteroatoms. The fourth-order valence-corrected chi connectivity index (χ4v) is 4.52. The number of anilines is 3. The molecule has 1 aromatic heterocycles. The van der Waals surface area contributed by atoms with Gasteiger partial charge in [0.1, 0.15) is 0 Å². The third-order valence-corrected chi connectivity index (χ3v) is 6.44. The topological polar surface area (TPSA) is 86.0 Å². The molecular weight excluding hydrogens is 464 g/mol. The Hall–Kier alpha value is -3.62. The van der Waals surface area contributed by atoms with E-state index in [-0.39, 0.29) is 16.9 Å². The van der Waals surface area contributed by atoms with Gasteiger partial charge in [0.25, 0.3) is 0 Å². The Morgan fingerprint density at radius 1 is 0.882 bits per heavy atom. The van der Waals surface area contributed by atoms with Crippen LogP contribution in [0.2, 0.25) is 0 Å².